The van der Waals surface area contributed by atoms with E-state index in [9.17, 15) is 10.2 Å². The molecule has 4 heteroatoms. The van der Waals surface area contributed by atoms with Crippen LogP contribution in [0.2, 0.25) is 0 Å². The first kappa shape index (κ1) is 13.6. The predicted molar refractivity (Wildman–Crippen MR) is 86.2 cm³/mol. The van der Waals surface area contributed by atoms with E-state index in [1.165, 1.54) is 0 Å². The molecule has 0 saturated carbocycles. The summed E-state index contributed by atoms with van der Waals surface area (Å²) in [5.41, 5.74) is 2.64. The lowest BCUT2D eigenvalue weighted by Crippen LogP contribution is -2.49. The fourth-order valence-electron chi connectivity index (χ4n) is 3.41. The molecule has 2 heterocycles. The summed E-state index contributed by atoms with van der Waals surface area (Å²) >= 11 is 0. The molecule has 2 aromatic carbocycles. The summed E-state index contributed by atoms with van der Waals surface area (Å²) in [5, 5.41) is 23.2. The number of fused-ring (bicyclic) bond motifs is 5. The summed E-state index contributed by atoms with van der Waals surface area (Å²) < 4.78 is 6.01. The Bertz CT molecular complexity index is 894. The maximum atomic E-state index is 10.7. The van der Waals surface area contributed by atoms with Gasteiger partial charge in [-0.15, -0.1) is 0 Å². The number of hydrogen-bond acceptors (Lipinski definition) is 3. The molecule has 1 aromatic heterocycles. The third-order valence-electron chi connectivity index (χ3n) is 4.65. The van der Waals surface area contributed by atoms with Crippen LogP contribution in [0.25, 0.3) is 21.8 Å². The fourth-order valence-corrected chi connectivity index (χ4v) is 3.41. The maximum absolute atomic E-state index is 10.7. The molecular formula is C18H19NO3. The average molecular weight is 297 g/mol. The van der Waals surface area contributed by atoms with Crippen molar-refractivity contribution in [3.05, 3.63) is 41.5 Å². The number of aliphatic hydroxyl groups is 2. The lowest BCUT2D eigenvalue weighted by molar-refractivity contribution is -0.111. The van der Waals surface area contributed by atoms with Crippen molar-refractivity contribution in [2.24, 2.45) is 0 Å². The Hall–Kier alpha value is -2.04. The first-order chi connectivity index (χ1) is 10.4. The van der Waals surface area contributed by atoms with Crippen molar-refractivity contribution in [3.8, 4) is 5.75 Å². The highest BCUT2D eigenvalue weighted by atomic mass is 16.5. The highest BCUT2D eigenvalue weighted by Crippen LogP contribution is 2.46. The number of aryl methyl sites for hydroxylation is 1. The molecule has 0 amide bonds. The third-order valence-corrected chi connectivity index (χ3v) is 4.65. The lowest BCUT2D eigenvalue weighted by atomic mass is 9.86. The molecule has 0 spiro atoms. The molecule has 114 valence electrons. The van der Waals surface area contributed by atoms with Crippen molar-refractivity contribution in [2.45, 2.75) is 38.6 Å². The van der Waals surface area contributed by atoms with E-state index in [0.29, 0.717) is 11.3 Å². The molecule has 3 N–H and O–H groups in total. The molecular weight excluding hydrogens is 278 g/mol. The van der Waals surface area contributed by atoms with Crippen LogP contribution >= 0.6 is 0 Å². The van der Waals surface area contributed by atoms with E-state index < -0.39 is 17.8 Å². The second-order valence-corrected chi connectivity index (χ2v) is 6.62. The summed E-state index contributed by atoms with van der Waals surface area (Å²) in [6.07, 6.45) is -1.95. The molecule has 3 aromatic rings. The van der Waals surface area contributed by atoms with Crippen LogP contribution in [-0.4, -0.2) is 26.9 Å². The first-order valence-corrected chi connectivity index (χ1v) is 7.49. The summed E-state index contributed by atoms with van der Waals surface area (Å²) in [6.45, 7) is 5.55. The van der Waals surface area contributed by atoms with Crippen LogP contribution in [0.4, 0.5) is 0 Å². The van der Waals surface area contributed by atoms with Gasteiger partial charge >= 0.3 is 0 Å². The van der Waals surface area contributed by atoms with E-state index in [0.717, 1.165) is 27.4 Å². The van der Waals surface area contributed by atoms with Crippen LogP contribution in [0.15, 0.2) is 30.3 Å². The molecule has 0 bridgehead atoms. The molecule has 0 unspecified atom stereocenters. The Morgan fingerprint density at radius 2 is 1.86 bits per heavy atom. The summed E-state index contributed by atoms with van der Waals surface area (Å²) in [5.74, 6) is 0.668. The summed E-state index contributed by atoms with van der Waals surface area (Å²) in [4.78, 5) is 3.36. The van der Waals surface area contributed by atoms with Gasteiger partial charge in [-0.3, -0.25) is 0 Å². The van der Waals surface area contributed by atoms with Crippen molar-refractivity contribution >= 4 is 21.8 Å². The minimum atomic E-state index is -0.978. The zero-order valence-corrected chi connectivity index (χ0v) is 12.8. The molecule has 22 heavy (non-hydrogen) atoms. The molecule has 0 saturated heterocycles. The minimum Gasteiger partial charge on any atom is -0.484 e. The van der Waals surface area contributed by atoms with Crippen molar-refractivity contribution < 1.29 is 14.9 Å². The summed E-state index contributed by atoms with van der Waals surface area (Å²) in [7, 11) is 0. The number of H-pyrrole nitrogens is 1. The Morgan fingerprint density at radius 1 is 1.14 bits per heavy atom. The van der Waals surface area contributed by atoms with Gasteiger partial charge in [0.05, 0.1) is 5.52 Å². The normalized spacial score (nSPS) is 23.5. The number of rotatable bonds is 0. The van der Waals surface area contributed by atoms with Crippen LogP contribution in [0, 0.1) is 6.92 Å². The van der Waals surface area contributed by atoms with Gasteiger partial charge in [-0.25, -0.2) is 0 Å². The number of nitrogens with one attached hydrogen (secondary N) is 1. The van der Waals surface area contributed by atoms with Crippen LogP contribution in [0.1, 0.15) is 31.1 Å². The van der Waals surface area contributed by atoms with Gasteiger partial charge in [-0.2, -0.15) is 0 Å². The van der Waals surface area contributed by atoms with Crippen molar-refractivity contribution in [2.75, 3.05) is 0 Å². The van der Waals surface area contributed by atoms with Crippen LogP contribution in [0.5, 0.6) is 5.75 Å². The number of ether oxygens (including phenoxy) is 1. The van der Waals surface area contributed by atoms with Crippen LogP contribution < -0.4 is 4.74 Å². The SMILES string of the molecule is Cc1cc2c([nH]c3ccccc32)c2c1OC(C)(C)[C@@H](O)[C@H]2O. The lowest BCUT2D eigenvalue weighted by Gasteiger charge is -2.40. The van der Waals surface area contributed by atoms with E-state index >= 15 is 0 Å². The van der Waals surface area contributed by atoms with E-state index in [2.05, 4.69) is 17.1 Å². The van der Waals surface area contributed by atoms with E-state index in [1.54, 1.807) is 13.8 Å². The fraction of sp³-hybridized carbons (Fsp3) is 0.333. The predicted octanol–water partition coefficient (Wildman–Crippen LogP) is 3.19. The number of para-hydroxylation sites is 1. The Morgan fingerprint density at radius 3 is 2.64 bits per heavy atom. The molecule has 4 nitrogen and oxygen atoms in total. The molecule has 0 fully saturated rings. The minimum absolute atomic E-state index is 0.651. The van der Waals surface area contributed by atoms with Gasteiger partial charge in [0.25, 0.3) is 0 Å². The summed E-state index contributed by atoms with van der Waals surface area (Å²) in [6, 6.07) is 10.1. The standard InChI is InChI=1S/C18H19NO3/c1-9-8-11-10-6-4-5-7-12(10)19-14(11)13-15(20)17(21)18(2,3)22-16(9)13/h4-8,15,17,19-21H,1-3H3/t15-,17-/m0/s1. The quantitative estimate of drug-likeness (QED) is 0.597. The average Bonchev–Trinajstić information content (AvgIpc) is 2.83. The number of benzene rings is 2. The first-order valence-electron chi connectivity index (χ1n) is 7.49. The largest absolute Gasteiger partial charge is 0.484 e. The second-order valence-electron chi connectivity index (χ2n) is 6.62. The van der Waals surface area contributed by atoms with Gasteiger partial charge in [0.15, 0.2) is 0 Å². The van der Waals surface area contributed by atoms with Crippen molar-refractivity contribution in [1.82, 2.24) is 4.98 Å². The van der Waals surface area contributed by atoms with E-state index in [-0.39, 0.29) is 0 Å². The molecule has 4 rings (SSSR count). The van der Waals surface area contributed by atoms with Gasteiger partial charge in [0.2, 0.25) is 0 Å². The zero-order valence-electron chi connectivity index (χ0n) is 12.8. The number of aliphatic hydroxyl groups excluding tert-OH is 2. The van der Waals surface area contributed by atoms with Gasteiger partial charge < -0.3 is 19.9 Å². The highest BCUT2D eigenvalue weighted by molar-refractivity contribution is 6.09. The maximum Gasteiger partial charge on any atom is 0.132 e. The zero-order chi connectivity index (χ0) is 15.6. The molecule has 0 radical (unpaired) electrons. The number of aromatic amines is 1. The topological polar surface area (TPSA) is 65.5 Å². The Balaban J connectivity index is 2.12. The van der Waals surface area contributed by atoms with Gasteiger partial charge in [0, 0.05) is 21.9 Å². The monoisotopic (exact) mass is 297 g/mol. The van der Waals surface area contributed by atoms with Crippen molar-refractivity contribution in [3.63, 3.8) is 0 Å². The van der Waals surface area contributed by atoms with E-state index in [1.807, 2.05) is 25.1 Å². The smallest absolute Gasteiger partial charge is 0.132 e. The third kappa shape index (κ3) is 1.65. The molecule has 2 atom stereocenters. The Labute approximate surface area is 128 Å². The second kappa shape index (κ2) is 4.24. The van der Waals surface area contributed by atoms with Gasteiger partial charge in [-0.05, 0) is 38.5 Å². The molecule has 0 aliphatic carbocycles. The van der Waals surface area contributed by atoms with Crippen molar-refractivity contribution in [1.29, 1.82) is 0 Å². The number of hydrogen-bond donors (Lipinski definition) is 3. The highest BCUT2D eigenvalue weighted by Gasteiger charge is 2.44. The van der Waals surface area contributed by atoms with E-state index in [4.69, 9.17) is 4.74 Å². The van der Waals surface area contributed by atoms with Crippen LogP contribution in [-0.2, 0) is 0 Å². The Kier molecular flexibility index (Phi) is 2.63. The molecule has 1 aliphatic rings. The van der Waals surface area contributed by atoms with Gasteiger partial charge in [0.1, 0.15) is 23.6 Å². The number of aromatic nitrogens is 1. The van der Waals surface area contributed by atoms with Gasteiger partial charge in [-0.1, -0.05) is 18.2 Å². The van der Waals surface area contributed by atoms with Crippen LogP contribution in [0.3, 0.4) is 0 Å². The molecule has 1 aliphatic heterocycles.